The van der Waals surface area contributed by atoms with Crippen molar-refractivity contribution in [3.05, 3.63) is 83.1 Å². The van der Waals surface area contributed by atoms with Crippen LogP contribution in [0.3, 0.4) is 0 Å². The van der Waals surface area contributed by atoms with E-state index < -0.39 is 0 Å². The summed E-state index contributed by atoms with van der Waals surface area (Å²) < 4.78 is 16.3. The van der Waals surface area contributed by atoms with Crippen molar-refractivity contribution in [2.24, 2.45) is 0 Å². The Bertz CT molecular complexity index is 1390. The van der Waals surface area contributed by atoms with Gasteiger partial charge in [-0.2, -0.15) is 0 Å². The second kappa shape index (κ2) is 8.35. The molecule has 2 N–H and O–H groups in total. The Morgan fingerprint density at radius 2 is 1.70 bits per heavy atom. The SMILES string of the molecule is Cc1cc2occ(CC(=O)Nc3ccccc3C(=O)Nc3ccc4c(c3)OCO4)c2cc1C. The maximum absolute atomic E-state index is 12.9. The van der Waals surface area contributed by atoms with E-state index in [-0.39, 0.29) is 25.0 Å². The Morgan fingerprint density at radius 1 is 0.909 bits per heavy atom. The number of amides is 2. The number of hydrogen-bond donors (Lipinski definition) is 2. The molecule has 2 heterocycles. The quantitative estimate of drug-likeness (QED) is 0.443. The van der Waals surface area contributed by atoms with E-state index in [0.29, 0.717) is 28.4 Å². The van der Waals surface area contributed by atoms with Gasteiger partial charge in [-0.1, -0.05) is 12.1 Å². The number of nitrogens with one attached hydrogen (secondary N) is 2. The van der Waals surface area contributed by atoms with Crippen molar-refractivity contribution < 1.29 is 23.5 Å². The van der Waals surface area contributed by atoms with E-state index in [1.54, 1.807) is 48.7 Å². The summed E-state index contributed by atoms with van der Waals surface area (Å²) in [4.78, 5) is 25.7. The molecule has 0 aliphatic carbocycles. The molecule has 0 atom stereocenters. The first-order valence-electron chi connectivity index (χ1n) is 10.5. The number of para-hydroxylation sites is 1. The number of aryl methyl sites for hydroxylation is 2. The molecule has 5 rings (SSSR count). The lowest BCUT2D eigenvalue weighted by atomic mass is 10.0. The van der Waals surface area contributed by atoms with Crippen molar-refractivity contribution >= 4 is 34.2 Å². The highest BCUT2D eigenvalue weighted by Gasteiger charge is 2.18. The predicted molar refractivity (Wildman–Crippen MR) is 125 cm³/mol. The standard InChI is InChI=1S/C26H22N2O5/c1-15-9-20-17(13-31-23(20)10-16(15)2)11-25(29)28-21-6-4-3-5-19(21)26(30)27-18-7-8-22-24(12-18)33-14-32-22/h3-10,12-13H,11,14H2,1-2H3,(H,27,30)(H,28,29). The monoisotopic (exact) mass is 442 g/mol. The Labute approximate surface area is 190 Å². The number of hydrogen-bond acceptors (Lipinski definition) is 5. The number of rotatable bonds is 5. The van der Waals surface area contributed by atoms with Gasteiger partial charge < -0.3 is 24.5 Å². The molecule has 0 fully saturated rings. The van der Waals surface area contributed by atoms with Crippen LogP contribution in [0.1, 0.15) is 27.0 Å². The van der Waals surface area contributed by atoms with Crippen molar-refractivity contribution in [3.8, 4) is 11.5 Å². The molecule has 1 aliphatic heterocycles. The molecular formula is C26H22N2O5. The van der Waals surface area contributed by atoms with Crippen LogP contribution < -0.4 is 20.1 Å². The third-order valence-electron chi connectivity index (χ3n) is 5.70. The number of benzene rings is 3. The second-order valence-corrected chi connectivity index (χ2v) is 7.99. The zero-order valence-corrected chi connectivity index (χ0v) is 18.2. The van der Waals surface area contributed by atoms with Gasteiger partial charge >= 0.3 is 0 Å². The molecule has 0 unspecified atom stereocenters. The van der Waals surface area contributed by atoms with Crippen molar-refractivity contribution in [1.29, 1.82) is 0 Å². The van der Waals surface area contributed by atoms with E-state index in [1.807, 2.05) is 26.0 Å². The summed E-state index contributed by atoms with van der Waals surface area (Å²) in [5.41, 5.74) is 5.18. The van der Waals surface area contributed by atoms with Gasteiger partial charge in [-0.05, 0) is 61.4 Å². The van der Waals surface area contributed by atoms with E-state index in [1.165, 1.54) is 0 Å². The average molecular weight is 442 g/mol. The Hall–Kier alpha value is -4.26. The van der Waals surface area contributed by atoms with Gasteiger partial charge in [0.25, 0.3) is 5.91 Å². The van der Waals surface area contributed by atoms with E-state index >= 15 is 0 Å². The summed E-state index contributed by atoms with van der Waals surface area (Å²) in [5.74, 6) is 0.633. The minimum Gasteiger partial charge on any atom is -0.464 e. The van der Waals surface area contributed by atoms with Crippen molar-refractivity contribution in [3.63, 3.8) is 0 Å². The lowest BCUT2D eigenvalue weighted by Crippen LogP contribution is -2.19. The molecular weight excluding hydrogens is 420 g/mol. The molecule has 7 heteroatoms. The van der Waals surface area contributed by atoms with Gasteiger partial charge in [0, 0.05) is 22.7 Å². The minimum atomic E-state index is -0.343. The largest absolute Gasteiger partial charge is 0.464 e. The van der Waals surface area contributed by atoms with Crippen LogP contribution in [-0.4, -0.2) is 18.6 Å². The van der Waals surface area contributed by atoms with Crippen LogP contribution in [0.25, 0.3) is 11.0 Å². The summed E-state index contributed by atoms with van der Waals surface area (Å²) in [7, 11) is 0. The van der Waals surface area contributed by atoms with Gasteiger partial charge in [0.15, 0.2) is 11.5 Å². The summed E-state index contributed by atoms with van der Waals surface area (Å²) in [5, 5.41) is 6.62. The fourth-order valence-electron chi connectivity index (χ4n) is 3.80. The van der Waals surface area contributed by atoms with E-state index in [0.717, 1.165) is 27.7 Å². The maximum Gasteiger partial charge on any atom is 0.257 e. The minimum absolute atomic E-state index is 0.133. The Morgan fingerprint density at radius 3 is 2.58 bits per heavy atom. The lowest BCUT2D eigenvalue weighted by Gasteiger charge is -2.12. The first-order chi connectivity index (χ1) is 16.0. The van der Waals surface area contributed by atoms with Crippen LogP contribution >= 0.6 is 0 Å². The fourth-order valence-corrected chi connectivity index (χ4v) is 3.80. The van der Waals surface area contributed by atoms with Gasteiger partial charge in [-0.15, -0.1) is 0 Å². The fraction of sp³-hybridized carbons (Fsp3) is 0.154. The number of furan rings is 1. The average Bonchev–Trinajstić information content (AvgIpc) is 3.41. The zero-order chi connectivity index (χ0) is 22.9. The number of anilines is 2. The molecule has 166 valence electrons. The summed E-state index contributed by atoms with van der Waals surface area (Å²) >= 11 is 0. The number of fused-ring (bicyclic) bond motifs is 2. The van der Waals surface area contributed by atoms with Crippen LogP contribution in [0.2, 0.25) is 0 Å². The molecule has 4 aromatic rings. The molecule has 0 saturated heterocycles. The summed E-state index contributed by atoms with van der Waals surface area (Å²) in [6.07, 6.45) is 1.75. The Balaban J connectivity index is 1.32. The molecule has 0 spiro atoms. The number of carbonyl (C=O) groups is 2. The highest BCUT2D eigenvalue weighted by atomic mass is 16.7. The van der Waals surface area contributed by atoms with Gasteiger partial charge in [0.2, 0.25) is 12.7 Å². The third-order valence-corrected chi connectivity index (χ3v) is 5.70. The van der Waals surface area contributed by atoms with Gasteiger partial charge in [0.05, 0.1) is 23.9 Å². The van der Waals surface area contributed by atoms with Gasteiger partial charge in [-0.3, -0.25) is 9.59 Å². The Kier molecular flexibility index (Phi) is 5.22. The predicted octanol–water partition coefficient (Wildman–Crippen LogP) is 5.21. The molecule has 0 saturated carbocycles. The zero-order valence-electron chi connectivity index (χ0n) is 18.2. The molecule has 33 heavy (non-hydrogen) atoms. The molecule has 3 aromatic carbocycles. The summed E-state index contributed by atoms with van der Waals surface area (Å²) in [6, 6.07) is 16.1. The smallest absolute Gasteiger partial charge is 0.257 e. The highest BCUT2D eigenvalue weighted by molar-refractivity contribution is 6.10. The first kappa shape index (κ1) is 20.6. The van der Waals surface area contributed by atoms with E-state index in [4.69, 9.17) is 13.9 Å². The highest BCUT2D eigenvalue weighted by Crippen LogP contribution is 2.34. The van der Waals surface area contributed by atoms with Crippen molar-refractivity contribution in [2.75, 3.05) is 17.4 Å². The van der Waals surface area contributed by atoms with E-state index in [2.05, 4.69) is 10.6 Å². The first-order valence-corrected chi connectivity index (χ1v) is 10.5. The van der Waals surface area contributed by atoms with Crippen LogP contribution in [-0.2, 0) is 11.2 Å². The topological polar surface area (TPSA) is 89.8 Å². The maximum atomic E-state index is 12.9. The van der Waals surface area contributed by atoms with Crippen LogP contribution in [0, 0.1) is 13.8 Å². The molecule has 2 amide bonds. The van der Waals surface area contributed by atoms with Crippen LogP contribution in [0.5, 0.6) is 11.5 Å². The number of carbonyl (C=O) groups excluding carboxylic acids is 2. The van der Waals surface area contributed by atoms with E-state index in [9.17, 15) is 9.59 Å². The molecule has 0 bridgehead atoms. The van der Waals surface area contributed by atoms with Crippen LogP contribution in [0.4, 0.5) is 11.4 Å². The van der Waals surface area contributed by atoms with Crippen molar-refractivity contribution in [1.82, 2.24) is 0 Å². The second-order valence-electron chi connectivity index (χ2n) is 7.99. The molecule has 1 aromatic heterocycles. The van der Waals surface area contributed by atoms with Crippen molar-refractivity contribution in [2.45, 2.75) is 20.3 Å². The lowest BCUT2D eigenvalue weighted by molar-refractivity contribution is -0.115. The normalized spacial score (nSPS) is 12.1. The van der Waals surface area contributed by atoms with Gasteiger partial charge in [-0.25, -0.2) is 0 Å². The van der Waals surface area contributed by atoms with Gasteiger partial charge in [0.1, 0.15) is 5.58 Å². The number of ether oxygens (including phenoxy) is 2. The third kappa shape index (κ3) is 4.13. The molecule has 0 radical (unpaired) electrons. The molecule has 7 nitrogen and oxygen atoms in total. The molecule has 1 aliphatic rings. The summed E-state index contributed by atoms with van der Waals surface area (Å²) in [6.45, 7) is 4.21. The van der Waals surface area contributed by atoms with Crippen LogP contribution in [0.15, 0.2) is 65.3 Å².